The molecule has 0 bridgehead atoms. The molecule has 0 aliphatic carbocycles. The maximum atomic E-state index is 12.3. The molecular formula is C17H19N4O5. The molecule has 9 heteroatoms. The van der Waals surface area contributed by atoms with Crippen LogP contribution < -0.4 is 16.0 Å². The molecule has 0 aromatic heterocycles. The van der Waals surface area contributed by atoms with Gasteiger partial charge in [0.05, 0.1) is 12.5 Å². The van der Waals surface area contributed by atoms with Crippen molar-refractivity contribution in [1.29, 1.82) is 0 Å². The molecule has 2 aliphatic heterocycles. The Hall–Kier alpha value is -2.94. The van der Waals surface area contributed by atoms with Gasteiger partial charge in [-0.15, -0.1) is 0 Å². The topological polar surface area (TPSA) is 122 Å². The third-order valence-electron chi connectivity index (χ3n) is 4.33. The SMILES string of the molecule is Cc1cc(NC(=O)[C]2CC(=O)N(C(N)=O)C2)ccc1N1CCOCC1=O. The Morgan fingerprint density at radius 1 is 1.23 bits per heavy atom. The third-order valence-corrected chi connectivity index (χ3v) is 4.33. The van der Waals surface area contributed by atoms with Crippen LogP contribution in [0.5, 0.6) is 0 Å². The Balaban J connectivity index is 1.68. The number of hydrogen-bond acceptors (Lipinski definition) is 5. The lowest BCUT2D eigenvalue weighted by atomic mass is 10.1. The Labute approximate surface area is 150 Å². The molecule has 26 heavy (non-hydrogen) atoms. The molecule has 1 aromatic carbocycles. The van der Waals surface area contributed by atoms with E-state index >= 15 is 0 Å². The summed E-state index contributed by atoms with van der Waals surface area (Å²) in [5.41, 5.74) is 7.23. The highest BCUT2D eigenvalue weighted by Gasteiger charge is 2.37. The summed E-state index contributed by atoms with van der Waals surface area (Å²) in [6.45, 7) is 2.76. The number of amides is 5. The van der Waals surface area contributed by atoms with Gasteiger partial charge in [0, 0.05) is 30.9 Å². The average Bonchev–Trinajstić information content (AvgIpc) is 2.98. The molecule has 1 aromatic rings. The normalized spacial score (nSPS) is 18.3. The first kappa shape index (κ1) is 17.9. The Bertz CT molecular complexity index is 778. The van der Waals surface area contributed by atoms with Gasteiger partial charge in [0.1, 0.15) is 6.61 Å². The second-order valence-electron chi connectivity index (χ2n) is 6.15. The van der Waals surface area contributed by atoms with Gasteiger partial charge in [-0.05, 0) is 30.7 Å². The van der Waals surface area contributed by atoms with Crippen LogP contribution in [0.2, 0.25) is 0 Å². The van der Waals surface area contributed by atoms with Crippen molar-refractivity contribution < 1.29 is 23.9 Å². The molecule has 137 valence electrons. The Morgan fingerprint density at radius 2 is 2.00 bits per heavy atom. The van der Waals surface area contributed by atoms with E-state index in [1.807, 2.05) is 6.92 Å². The molecule has 9 nitrogen and oxygen atoms in total. The Morgan fingerprint density at radius 3 is 2.62 bits per heavy atom. The first-order valence-electron chi connectivity index (χ1n) is 8.11. The quantitative estimate of drug-likeness (QED) is 0.797. The van der Waals surface area contributed by atoms with Crippen molar-refractivity contribution in [2.45, 2.75) is 13.3 Å². The van der Waals surface area contributed by atoms with Crippen LogP contribution in [0.25, 0.3) is 0 Å². The number of nitrogens with two attached hydrogens (primary N) is 1. The maximum Gasteiger partial charge on any atom is 0.321 e. The van der Waals surface area contributed by atoms with Gasteiger partial charge in [-0.2, -0.15) is 0 Å². The van der Waals surface area contributed by atoms with E-state index in [0.29, 0.717) is 18.8 Å². The van der Waals surface area contributed by atoms with Gasteiger partial charge in [0.15, 0.2) is 0 Å². The number of hydrogen-bond donors (Lipinski definition) is 2. The number of primary amides is 1. The van der Waals surface area contributed by atoms with Crippen molar-refractivity contribution in [1.82, 2.24) is 4.90 Å². The summed E-state index contributed by atoms with van der Waals surface area (Å²) in [5, 5.41) is 2.71. The molecule has 2 fully saturated rings. The molecule has 1 radical (unpaired) electrons. The monoisotopic (exact) mass is 359 g/mol. The molecule has 2 heterocycles. The molecule has 0 atom stereocenters. The van der Waals surface area contributed by atoms with Crippen LogP contribution in [0, 0.1) is 12.8 Å². The number of ether oxygens (including phenoxy) is 1. The van der Waals surface area contributed by atoms with E-state index in [9.17, 15) is 19.2 Å². The summed E-state index contributed by atoms with van der Waals surface area (Å²) in [6.07, 6.45) is -0.131. The highest BCUT2D eigenvalue weighted by Crippen LogP contribution is 2.26. The van der Waals surface area contributed by atoms with E-state index in [2.05, 4.69) is 5.32 Å². The number of nitrogens with one attached hydrogen (secondary N) is 1. The van der Waals surface area contributed by atoms with Crippen LogP contribution in [0.3, 0.4) is 0 Å². The minimum absolute atomic E-state index is 0.0562. The number of anilines is 2. The third kappa shape index (κ3) is 3.52. The summed E-state index contributed by atoms with van der Waals surface area (Å²) in [6, 6.07) is 4.33. The number of carbonyl (C=O) groups is 4. The lowest BCUT2D eigenvalue weighted by Crippen LogP contribution is -2.42. The van der Waals surface area contributed by atoms with E-state index in [1.54, 1.807) is 23.1 Å². The molecular weight excluding hydrogens is 340 g/mol. The first-order chi connectivity index (χ1) is 12.4. The number of benzene rings is 1. The van der Waals surface area contributed by atoms with Crippen LogP contribution >= 0.6 is 0 Å². The fourth-order valence-electron chi connectivity index (χ4n) is 2.99. The number of nitrogens with zero attached hydrogens (tertiary/aromatic N) is 2. The summed E-state index contributed by atoms with van der Waals surface area (Å²) in [7, 11) is 0. The van der Waals surface area contributed by atoms with Crippen LogP contribution in [0.4, 0.5) is 16.2 Å². The van der Waals surface area contributed by atoms with Crippen LogP contribution in [0.15, 0.2) is 18.2 Å². The molecule has 2 aliphatic rings. The van der Waals surface area contributed by atoms with E-state index in [-0.39, 0.29) is 31.4 Å². The summed E-state index contributed by atoms with van der Waals surface area (Å²) < 4.78 is 5.13. The second kappa shape index (κ2) is 7.12. The second-order valence-corrected chi connectivity index (χ2v) is 6.15. The Kier molecular flexibility index (Phi) is 4.90. The predicted octanol–water partition coefficient (Wildman–Crippen LogP) is 0.182. The first-order valence-corrected chi connectivity index (χ1v) is 8.11. The minimum Gasteiger partial charge on any atom is -0.370 e. The summed E-state index contributed by atoms with van der Waals surface area (Å²) >= 11 is 0. The zero-order chi connectivity index (χ0) is 18.8. The van der Waals surface area contributed by atoms with Gasteiger partial charge in [0.2, 0.25) is 11.8 Å². The zero-order valence-electron chi connectivity index (χ0n) is 14.3. The fourth-order valence-corrected chi connectivity index (χ4v) is 2.99. The lowest BCUT2D eigenvalue weighted by molar-refractivity contribution is -0.126. The number of aryl methyl sites for hydroxylation is 1. The standard InChI is InChI=1S/C17H19N4O5/c1-10-6-12(2-3-13(10)20-4-5-26-9-15(20)23)19-16(24)11-7-14(22)21(8-11)17(18)25/h2-3,6H,4-5,7-9H2,1H3,(H2,18,25)(H,19,24). The zero-order valence-corrected chi connectivity index (χ0v) is 14.3. The van der Waals surface area contributed by atoms with E-state index < -0.39 is 17.8 Å². The molecule has 3 N–H and O–H groups in total. The van der Waals surface area contributed by atoms with Gasteiger partial charge in [-0.25, -0.2) is 4.79 Å². The van der Waals surface area contributed by atoms with E-state index in [4.69, 9.17) is 10.5 Å². The van der Waals surface area contributed by atoms with Crippen LogP contribution in [0.1, 0.15) is 12.0 Å². The van der Waals surface area contributed by atoms with Gasteiger partial charge in [0.25, 0.3) is 5.91 Å². The van der Waals surface area contributed by atoms with Crippen LogP contribution in [-0.2, 0) is 19.1 Å². The molecule has 2 saturated heterocycles. The van der Waals surface area contributed by atoms with Crippen molar-refractivity contribution in [2.24, 2.45) is 5.73 Å². The highest BCUT2D eigenvalue weighted by molar-refractivity contribution is 6.09. The van der Waals surface area contributed by atoms with Crippen molar-refractivity contribution in [3.05, 3.63) is 29.7 Å². The van der Waals surface area contributed by atoms with Crippen molar-refractivity contribution in [3.63, 3.8) is 0 Å². The fraction of sp³-hybridized carbons (Fsp3) is 0.353. The molecule has 3 rings (SSSR count). The molecule has 0 unspecified atom stereocenters. The largest absolute Gasteiger partial charge is 0.370 e. The highest BCUT2D eigenvalue weighted by atomic mass is 16.5. The van der Waals surface area contributed by atoms with Gasteiger partial charge < -0.3 is 20.7 Å². The number of urea groups is 1. The number of imide groups is 1. The smallest absolute Gasteiger partial charge is 0.321 e. The van der Waals surface area contributed by atoms with Gasteiger partial charge in [-0.1, -0.05) is 0 Å². The average molecular weight is 359 g/mol. The minimum atomic E-state index is -0.867. The van der Waals surface area contributed by atoms with Crippen LogP contribution in [-0.4, -0.2) is 55.0 Å². The number of rotatable bonds is 3. The lowest BCUT2D eigenvalue weighted by Gasteiger charge is -2.28. The molecule has 0 spiro atoms. The van der Waals surface area contributed by atoms with E-state index in [1.165, 1.54) is 0 Å². The molecule has 0 saturated carbocycles. The predicted molar refractivity (Wildman–Crippen MR) is 92.1 cm³/mol. The van der Waals surface area contributed by atoms with Crippen molar-refractivity contribution in [3.8, 4) is 0 Å². The van der Waals surface area contributed by atoms with Crippen molar-refractivity contribution in [2.75, 3.05) is 36.5 Å². The van der Waals surface area contributed by atoms with Gasteiger partial charge >= 0.3 is 6.03 Å². The molecule has 5 amide bonds. The van der Waals surface area contributed by atoms with E-state index in [0.717, 1.165) is 16.2 Å². The number of carbonyl (C=O) groups excluding carboxylic acids is 4. The van der Waals surface area contributed by atoms with Gasteiger partial charge in [-0.3, -0.25) is 19.3 Å². The summed E-state index contributed by atoms with van der Waals surface area (Å²) in [5.74, 6) is -0.752. The summed E-state index contributed by atoms with van der Waals surface area (Å²) in [4.78, 5) is 49.6. The number of likely N-dealkylation sites (tertiary alicyclic amines) is 1. The van der Waals surface area contributed by atoms with Crippen molar-refractivity contribution >= 4 is 35.1 Å². The maximum absolute atomic E-state index is 12.3. The number of morpholine rings is 1.